The third kappa shape index (κ3) is 4.88. The lowest BCUT2D eigenvalue weighted by Crippen LogP contribution is -2.14. The number of ether oxygens (including phenoxy) is 3. The number of methoxy groups -OCH3 is 2. The second kappa shape index (κ2) is 9.66. The summed E-state index contributed by atoms with van der Waals surface area (Å²) in [5.41, 5.74) is 10.1. The van der Waals surface area contributed by atoms with Crippen molar-refractivity contribution in [2.75, 3.05) is 26.1 Å². The first-order chi connectivity index (χ1) is 14.8. The van der Waals surface area contributed by atoms with Gasteiger partial charge >= 0.3 is 0 Å². The average Bonchev–Trinajstić information content (AvgIpc) is 2.74. The van der Waals surface area contributed by atoms with Crippen LogP contribution in [0.25, 0.3) is 10.9 Å². The Labute approximate surface area is 182 Å². The molecule has 3 aromatic rings. The monoisotopic (exact) mass is 423 g/mol. The van der Waals surface area contributed by atoms with E-state index in [2.05, 4.69) is 24.1 Å². The number of carbonyl (C=O) groups is 1. The highest BCUT2D eigenvalue weighted by atomic mass is 16.5. The minimum atomic E-state index is -0.569. The SMILES string of the molecule is COc1cc2ncc(C(N)=O)c(Nc3cccc(COCC(C)C)c3C)c2cc1OC. The summed E-state index contributed by atoms with van der Waals surface area (Å²) in [6, 6.07) is 9.52. The van der Waals surface area contributed by atoms with Crippen LogP contribution in [0.3, 0.4) is 0 Å². The number of carbonyl (C=O) groups excluding carboxylic acids is 1. The normalized spacial score (nSPS) is 11.0. The van der Waals surface area contributed by atoms with Crippen molar-refractivity contribution < 1.29 is 19.0 Å². The van der Waals surface area contributed by atoms with E-state index >= 15 is 0 Å². The number of anilines is 2. The van der Waals surface area contributed by atoms with Crippen molar-refractivity contribution in [2.24, 2.45) is 11.7 Å². The molecule has 0 fully saturated rings. The van der Waals surface area contributed by atoms with E-state index in [4.69, 9.17) is 19.9 Å². The fourth-order valence-corrected chi connectivity index (χ4v) is 3.36. The number of nitrogens with zero attached hydrogens (tertiary/aromatic N) is 1. The number of hydrogen-bond donors (Lipinski definition) is 2. The van der Waals surface area contributed by atoms with Crippen LogP contribution in [0.4, 0.5) is 11.4 Å². The number of fused-ring (bicyclic) bond motifs is 1. The van der Waals surface area contributed by atoms with E-state index in [0.29, 0.717) is 52.8 Å². The van der Waals surface area contributed by atoms with Gasteiger partial charge in [0.15, 0.2) is 11.5 Å². The van der Waals surface area contributed by atoms with Gasteiger partial charge in [-0.1, -0.05) is 26.0 Å². The summed E-state index contributed by atoms with van der Waals surface area (Å²) in [4.78, 5) is 16.5. The van der Waals surface area contributed by atoms with Crippen LogP contribution < -0.4 is 20.5 Å². The van der Waals surface area contributed by atoms with Crippen LogP contribution in [0.1, 0.15) is 35.3 Å². The van der Waals surface area contributed by atoms with Gasteiger partial charge < -0.3 is 25.3 Å². The number of pyridine rings is 1. The van der Waals surface area contributed by atoms with E-state index in [1.807, 2.05) is 25.1 Å². The third-order valence-electron chi connectivity index (χ3n) is 5.05. The molecule has 0 unspecified atom stereocenters. The third-order valence-corrected chi connectivity index (χ3v) is 5.05. The molecule has 0 aliphatic heterocycles. The van der Waals surface area contributed by atoms with Gasteiger partial charge in [-0.05, 0) is 36.1 Å². The summed E-state index contributed by atoms with van der Waals surface area (Å²) in [6.07, 6.45) is 1.48. The van der Waals surface area contributed by atoms with E-state index in [1.54, 1.807) is 26.4 Å². The van der Waals surface area contributed by atoms with Gasteiger partial charge in [-0.2, -0.15) is 0 Å². The van der Waals surface area contributed by atoms with Crippen LogP contribution in [0.5, 0.6) is 11.5 Å². The second-order valence-electron chi connectivity index (χ2n) is 7.76. The predicted octanol–water partition coefficient (Wildman–Crippen LogP) is 4.58. The zero-order chi connectivity index (χ0) is 22.5. The van der Waals surface area contributed by atoms with Crippen molar-refractivity contribution in [3.8, 4) is 11.5 Å². The van der Waals surface area contributed by atoms with Gasteiger partial charge in [0, 0.05) is 29.9 Å². The van der Waals surface area contributed by atoms with Crippen molar-refractivity contribution in [3.05, 3.63) is 53.2 Å². The van der Waals surface area contributed by atoms with E-state index in [9.17, 15) is 4.79 Å². The van der Waals surface area contributed by atoms with E-state index in [0.717, 1.165) is 16.8 Å². The molecule has 0 radical (unpaired) electrons. The maximum Gasteiger partial charge on any atom is 0.252 e. The average molecular weight is 424 g/mol. The van der Waals surface area contributed by atoms with Gasteiger partial charge in [0.25, 0.3) is 5.91 Å². The summed E-state index contributed by atoms with van der Waals surface area (Å²) >= 11 is 0. The minimum absolute atomic E-state index is 0.292. The van der Waals surface area contributed by atoms with E-state index < -0.39 is 5.91 Å². The summed E-state index contributed by atoms with van der Waals surface area (Å²) in [5, 5.41) is 4.10. The lowest BCUT2D eigenvalue weighted by Gasteiger charge is -2.18. The van der Waals surface area contributed by atoms with E-state index in [-0.39, 0.29) is 0 Å². The molecule has 0 saturated carbocycles. The zero-order valence-electron chi connectivity index (χ0n) is 18.6. The Morgan fingerprint density at radius 2 is 1.87 bits per heavy atom. The van der Waals surface area contributed by atoms with Gasteiger partial charge in [-0.15, -0.1) is 0 Å². The quantitative estimate of drug-likeness (QED) is 0.523. The molecule has 0 spiro atoms. The van der Waals surface area contributed by atoms with Crippen LogP contribution in [0, 0.1) is 12.8 Å². The van der Waals surface area contributed by atoms with Gasteiger partial charge in [-0.25, -0.2) is 0 Å². The molecule has 0 aliphatic carbocycles. The van der Waals surface area contributed by atoms with Crippen LogP contribution in [-0.2, 0) is 11.3 Å². The van der Waals surface area contributed by atoms with Crippen LogP contribution in [-0.4, -0.2) is 31.7 Å². The zero-order valence-corrected chi connectivity index (χ0v) is 18.6. The fraction of sp³-hybridized carbons (Fsp3) is 0.333. The molecular weight excluding hydrogens is 394 g/mol. The molecular formula is C24H29N3O4. The first kappa shape index (κ1) is 22.4. The summed E-state index contributed by atoms with van der Waals surface area (Å²) < 4.78 is 16.6. The van der Waals surface area contributed by atoms with E-state index in [1.165, 1.54) is 6.20 Å². The maximum atomic E-state index is 12.2. The lowest BCUT2D eigenvalue weighted by atomic mass is 10.0. The van der Waals surface area contributed by atoms with Crippen LogP contribution in [0.2, 0.25) is 0 Å². The number of benzene rings is 2. The molecule has 0 saturated heterocycles. The summed E-state index contributed by atoms with van der Waals surface area (Å²) in [5.74, 6) is 0.991. The molecule has 0 atom stereocenters. The number of nitrogens with two attached hydrogens (primary N) is 1. The molecule has 2 aromatic carbocycles. The smallest absolute Gasteiger partial charge is 0.252 e. The van der Waals surface area contributed by atoms with Gasteiger partial charge in [0.05, 0.1) is 37.6 Å². The molecule has 3 rings (SSSR count). The van der Waals surface area contributed by atoms with Crippen LogP contribution >= 0.6 is 0 Å². The van der Waals surface area contributed by atoms with Gasteiger partial charge in [-0.3, -0.25) is 9.78 Å². The molecule has 31 heavy (non-hydrogen) atoms. The van der Waals surface area contributed by atoms with Crippen molar-refractivity contribution in [3.63, 3.8) is 0 Å². The number of primary amides is 1. The molecule has 0 bridgehead atoms. The second-order valence-corrected chi connectivity index (χ2v) is 7.76. The molecule has 1 heterocycles. The van der Waals surface area contributed by atoms with Crippen molar-refractivity contribution in [1.29, 1.82) is 0 Å². The molecule has 7 heteroatoms. The fourth-order valence-electron chi connectivity index (χ4n) is 3.36. The van der Waals surface area contributed by atoms with Crippen molar-refractivity contribution >= 4 is 28.2 Å². The Kier molecular flexibility index (Phi) is 6.97. The number of rotatable bonds is 9. The number of hydrogen-bond acceptors (Lipinski definition) is 6. The Balaban J connectivity index is 2.07. The molecule has 164 valence electrons. The Morgan fingerprint density at radius 1 is 1.16 bits per heavy atom. The number of nitrogens with one attached hydrogen (secondary N) is 1. The molecule has 3 N–H and O–H groups in total. The lowest BCUT2D eigenvalue weighted by molar-refractivity contribution is 0.0968. The van der Waals surface area contributed by atoms with Crippen molar-refractivity contribution in [1.82, 2.24) is 4.98 Å². The molecule has 1 aromatic heterocycles. The van der Waals surface area contributed by atoms with Crippen LogP contribution in [0.15, 0.2) is 36.5 Å². The highest BCUT2D eigenvalue weighted by molar-refractivity contribution is 6.08. The molecule has 0 aliphatic rings. The first-order valence-electron chi connectivity index (χ1n) is 10.1. The predicted molar refractivity (Wildman–Crippen MR) is 122 cm³/mol. The largest absolute Gasteiger partial charge is 0.493 e. The van der Waals surface area contributed by atoms with Gasteiger partial charge in [0.2, 0.25) is 0 Å². The Hall–Kier alpha value is -3.32. The standard InChI is InChI=1S/C24H29N3O4/c1-14(2)12-31-13-16-7-6-8-19(15(16)3)27-23-17-9-21(29-4)22(30-5)10-20(17)26-11-18(23)24(25)28/h6-11,14H,12-13H2,1-5H3,(H2,25,28)(H,26,27). The number of aromatic nitrogens is 1. The van der Waals surface area contributed by atoms with Crippen molar-refractivity contribution in [2.45, 2.75) is 27.4 Å². The first-order valence-corrected chi connectivity index (χ1v) is 10.1. The molecule has 1 amide bonds. The maximum absolute atomic E-state index is 12.2. The Bertz CT molecular complexity index is 1100. The minimum Gasteiger partial charge on any atom is -0.493 e. The summed E-state index contributed by atoms with van der Waals surface area (Å²) in [6.45, 7) is 7.47. The topological polar surface area (TPSA) is 95.7 Å². The summed E-state index contributed by atoms with van der Waals surface area (Å²) in [7, 11) is 3.13. The highest BCUT2D eigenvalue weighted by Crippen LogP contribution is 2.37. The number of amides is 1. The Morgan fingerprint density at radius 3 is 2.52 bits per heavy atom. The molecule has 7 nitrogen and oxygen atoms in total. The highest BCUT2D eigenvalue weighted by Gasteiger charge is 2.18. The van der Waals surface area contributed by atoms with Gasteiger partial charge in [0.1, 0.15) is 0 Å².